The minimum absolute atomic E-state index is 0.0531. The molecule has 102 valence electrons. The van der Waals surface area contributed by atoms with E-state index < -0.39 is 17.2 Å². The number of aliphatic hydroxyl groups is 1. The van der Waals surface area contributed by atoms with Crippen molar-refractivity contribution in [3.05, 3.63) is 34.9 Å². The molecule has 0 fully saturated rings. The Morgan fingerprint density at radius 3 is 2.55 bits per heavy atom. The molecule has 0 aliphatic rings. The lowest BCUT2D eigenvalue weighted by molar-refractivity contribution is -0.125. The highest BCUT2D eigenvalue weighted by Gasteiger charge is 2.20. The number of aliphatic hydroxyl groups excluding tert-OH is 1. The van der Waals surface area contributed by atoms with Gasteiger partial charge in [0.25, 0.3) is 5.91 Å². The minimum atomic E-state index is -0.612. The normalized spacial score (nSPS) is 11.0. The Bertz CT molecular complexity index is 651. The number of nitriles is 2. The molecule has 0 aliphatic carbocycles. The second kappa shape index (κ2) is 6.26. The van der Waals surface area contributed by atoms with Crippen molar-refractivity contribution in [2.45, 2.75) is 6.92 Å². The molecule has 20 heavy (non-hydrogen) atoms. The average molecular weight is 271 g/mol. The van der Waals surface area contributed by atoms with Crippen molar-refractivity contribution in [2.75, 3.05) is 13.6 Å². The van der Waals surface area contributed by atoms with Gasteiger partial charge in [-0.3, -0.25) is 4.79 Å². The van der Waals surface area contributed by atoms with E-state index in [0.29, 0.717) is 6.54 Å². The Balaban J connectivity index is 3.36. The second-order valence-corrected chi connectivity index (χ2v) is 4.00. The van der Waals surface area contributed by atoms with Crippen LogP contribution in [-0.2, 0) is 4.79 Å². The molecule has 0 radical (unpaired) electrons. The summed E-state index contributed by atoms with van der Waals surface area (Å²) in [6.07, 6.45) is 0. The summed E-state index contributed by atoms with van der Waals surface area (Å²) >= 11 is 0. The van der Waals surface area contributed by atoms with Gasteiger partial charge in [-0.25, -0.2) is 0 Å². The molecule has 0 bridgehead atoms. The highest BCUT2D eigenvalue weighted by Crippen LogP contribution is 2.23. The van der Waals surface area contributed by atoms with Crippen molar-refractivity contribution in [1.82, 2.24) is 4.90 Å². The van der Waals surface area contributed by atoms with Gasteiger partial charge in [-0.05, 0) is 25.1 Å². The number of benzene rings is 1. The molecule has 0 spiro atoms. The number of hydrogen-bond acceptors (Lipinski definition) is 5. The molecular formula is C14H13N3O3. The number of likely N-dealkylation sites (N-methyl/N-ethyl adjacent to an activating group) is 1. The Labute approximate surface area is 116 Å². The van der Waals surface area contributed by atoms with Crippen molar-refractivity contribution < 1.29 is 15.0 Å². The van der Waals surface area contributed by atoms with E-state index in [1.54, 1.807) is 19.1 Å². The van der Waals surface area contributed by atoms with E-state index in [0.717, 1.165) is 0 Å². The third kappa shape index (κ3) is 2.88. The van der Waals surface area contributed by atoms with Crippen LogP contribution in [0.3, 0.4) is 0 Å². The predicted octanol–water partition coefficient (Wildman–Crippen LogP) is 1.53. The number of aromatic hydroxyl groups is 1. The summed E-state index contributed by atoms with van der Waals surface area (Å²) in [5.41, 5.74) is -0.347. The van der Waals surface area contributed by atoms with E-state index in [1.165, 1.54) is 30.1 Å². The summed E-state index contributed by atoms with van der Waals surface area (Å²) in [5, 5.41) is 37.2. The molecule has 1 amide bonds. The maximum Gasteiger partial charge on any atom is 0.268 e. The van der Waals surface area contributed by atoms with Crippen LogP contribution in [0.25, 0.3) is 5.76 Å². The Kier molecular flexibility index (Phi) is 4.71. The van der Waals surface area contributed by atoms with Crippen LogP contribution < -0.4 is 0 Å². The molecular weight excluding hydrogens is 258 g/mol. The van der Waals surface area contributed by atoms with E-state index in [2.05, 4.69) is 0 Å². The largest absolute Gasteiger partial charge is 0.507 e. The third-order valence-corrected chi connectivity index (χ3v) is 2.77. The van der Waals surface area contributed by atoms with Crippen LogP contribution in [0.15, 0.2) is 23.8 Å². The van der Waals surface area contributed by atoms with Gasteiger partial charge in [0, 0.05) is 19.2 Å². The van der Waals surface area contributed by atoms with Crippen molar-refractivity contribution >= 4 is 11.7 Å². The highest BCUT2D eigenvalue weighted by atomic mass is 16.3. The molecule has 6 heteroatoms. The van der Waals surface area contributed by atoms with Crippen molar-refractivity contribution in [3.8, 4) is 17.9 Å². The molecule has 2 N–H and O–H groups in total. The predicted molar refractivity (Wildman–Crippen MR) is 71.3 cm³/mol. The fraction of sp³-hybridized carbons (Fsp3) is 0.214. The molecule has 0 aromatic heterocycles. The quantitative estimate of drug-likeness (QED) is 0.492. The maximum absolute atomic E-state index is 11.9. The number of phenolic OH excluding ortho intramolecular Hbond substituents is 1. The average Bonchev–Trinajstić information content (AvgIpc) is 2.47. The van der Waals surface area contributed by atoms with Gasteiger partial charge in [0.05, 0.1) is 5.56 Å². The molecule has 0 unspecified atom stereocenters. The zero-order valence-electron chi connectivity index (χ0n) is 11.1. The number of phenols is 1. The summed E-state index contributed by atoms with van der Waals surface area (Å²) in [4.78, 5) is 13.2. The van der Waals surface area contributed by atoms with Crippen LogP contribution in [0.1, 0.15) is 18.1 Å². The van der Waals surface area contributed by atoms with E-state index in [9.17, 15) is 15.0 Å². The summed E-state index contributed by atoms with van der Waals surface area (Å²) in [7, 11) is 1.50. The first-order valence-electron chi connectivity index (χ1n) is 5.78. The summed E-state index contributed by atoms with van der Waals surface area (Å²) < 4.78 is 0. The topological polar surface area (TPSA) is 108 Å². The number of hydrogen-bond donors (Lipinski definition) is 2. The van der Waals surface area contributed by atoms with Gasteiger partial charge in [0.2, 0.25) is 0 Å². The summed E-state index contributed by atoms with van der Waals surface area (Å²) in [5.74, 6) is -1.37. The van der Waals surface area contributed by atoms with Crippen LogP contribution in [0.5, 0.6) is 5.75 Å². The van der Waals surface area contributed by atoms with Gasteiger partial charge < -0.3 is 15.1 Å². The van der Waals surface area contributed by atoms with E-state index in [1.807, 2.05) is 0 Å². The lowest BCUT2D eigenvalue weighted by Crippen LogP contribution is -2.28. The first-order valence-corrected chi connectivity index (χ1v) is 5.78. The number of nitrogens with zero attached hydrogens (tertiary/aromatic N) is 3. The lowest BCUT2D eigenvalue weighted by atomic mass is 10.0. The molecule has 1 rings (SSSR count). The van der Waals surface area contributed by atoms with E-state index >= 15 is 0 Å². The first-order chi connectivity index (χ1) is 9.46. The first kappa shape index (κ1) is 15.1. The fourth-order valence-electron chi connectivity index (χ4n) is 1.45. The van der Waals surface area contributed by atoms with Crippen molar-refractivity contribution in [2.24, 2.45) is 0 Å². The maximum atomic E-state index is 11.9. The molecule has 0 saturated carbocycles. The smallest absolute Gasteiger partial charge is 0.268 e. The SMILES string of the molecule is CCN(C)C(=O)/C(C#N)=C(\O)c1ccc(O)c(C#N)c1. The Morgan fingerprint density at radius 2 is 2.05 bits per heavy atom. The van der Waals surface area contributed by atoms with Crippen molar-refractivity contribution in [1.29, 1.82) is 10.5 Å². The summed E-state index contributed by atoms with van der Waals surface area (Å²) in [6.45, 7) is 2.12. The number of rotatable bonds is 3. The Hall–Kier alpha value is -2.99. The number of carbonyl (C=O) groups excluding carboxylic acids is 1. The number of amides is 1. The lowest BCUT2D eigenvalue weighted by Gasteiger charge is -2.14. The highest BCUT2D eigenvalue weighted by molar-refractivity contribution is 6.03. The van der Waals surface area contributed by atoms with Gasteiger partial charge in [0.15, 0.2) is 5.57 Å². The monoisotopic (exact) mass is 271 g/mol. The van der Waals surface area contributed by atoms with Gasteiger partial charge in [0.1, 0.15) is 23.6 Å². The zero-order valence-corrected chi connectivity index (χ0v) is 11.1. The molecule has 1 aromatic rings. The standard InChI is InChI=1S/C14H13N3O3/c1-3-17(2)14(20)11(8-16)13(19)9-4-5-12(18)10(6-9)7-15/h4-6,18-19H,3H2,1-2H3/b13-11-. The van der Waals surface area contributed by atoms with Crippen LogP contribution >= 0.6 is 0 Å². The van der Waals surface area contributed by atoms with Crippen LogP contribution in [0, 0.1) is 22.7 Å². The third-order valence-electron chi connectivity index (χ3n) is 2.77. The zero-order chi connectivity index (χ0) is 15.3. The molecule has 1 aromatic carbocycles. The van der Waals surface area contributed by atoms with Gasteiger partial charge in [-0.1, -0.05) is 0 Å². The molecule has 0 heterocycles. The van der Waals surface area contributed by atoms with Gasteiger partial charge in [-0.2, -0.15) is 10.5 Å². The van der Waals surface area contributed by atoms with Crippen LogP contribution in [-0.4, -0.2) is 34.6 Å². The number of carbonyl (C=O) groups is 1. The molecule has 0 atom stereocenters. The van der Waals surface area contributed by atoms with Crippen LogP contribution in [0.2, 0.25) is 0 Å². The van der Waals surface area contributed by atoms with Crippen molar-refractivity contribution in [3.63, 3.8) is 0 Å². The van der Waals surface area contributed by atoms with Gasteiger partial charge >= 0.3 is 0 Å². The Morgan fingerprint density at radius 1 is 1.40 bits per heavy atom. The van der Waals surface area contributed by atoms with Crippen LogP contribution in [0.4, 0.5) is 0 Å². The minimum Gasteiger partial charge on any atom is -0.507 e. The van der Waals surface area contributed by atoms with E-state index in [-0.39, 0.29) is 16.9 Å². The fourth-order valence-corrected chi connectivity index (χ4v) is 1.45. The van der Waals surface area contributed by atoms with E-state index in [4.69, 9.17) is 10.5 Å². The molecule has 6 nitrogen and oxygen atoms in total. The molecule has 0 saturated heterocycles. The second-order valence-electron chi connectivity index (χ2n) is 4.00. The molecule has 0 aliphatic heterocycles. The van der Waals surface area contributed by atoms with Gasteiger partial charge in [-0.15, -0.1) is 0 Å². The summed E-state index contributed by atoms with van der Waals surface area (Å²) in [6, 6.07) is 7.16.